The van der Waals surface area contributed by atoms with Gasteiger partial charge in [0, 0.05) is 6.04 Å². The van der Waals surface area contributed by atoms with Gasteiger partial charge < -0.3 is 15.9 Å². The summed E-state index contributed by atoms with van der Waals surface area (Å²) >= 11 is 0. The quantitative estimate of drug-likeness (QED) is 0.425. The summed E-state index contributed by atoms with van der Waals surface area (Å²) in [7, 11) is 0. The van der Waals surface area contributed by atoms with E-state index in [1.54, 1.807) is 0 Å². The fourth-order valence-electron chi connectivity index (χ4n) is 0.225. The minimum atomic E-state index is -1.44. The van der Waals surface area contributed by atoms with E-state index in [2.05, 4.69) is 0 Å². The fraction of sp³-hybridized carbons (Fsp3) is 0.750. The van der Waals surface area contributed by atoms with E-state index in [0.29, 0.717) is 0 Å². The second-order valence-electron chi connectivity index (χ2n) is 1.64. The molecule has 0 aromatic carbocycles. The monoisotopic (exact) mass is 119 g/mol. The Morgan fingerprint density at radius 2 is 2.12 bits per heavy atom. The molecule has 0 aliphatic rings. The highest BCUT2D eigenvalue weighted by Gasteiger charge is 2.16. The Bertz CT molecular complexity index is 91.3. The zero-order valence-corrected chi connectivity index (χ0v) is 4.53. The second kappa shape index (κ2) is 2.64. The third kappa shape index (κ3) is 1.90. The van der Waals surface area contributed by atoms with Gasteiger partial charge in [0.25, 0.3) is 0 Å². The molecule has 0 saturated heterocycles. The van der Waals surface area contributed by atoms with Gasteiger partial charge in [-0.25, -0.2) is 4.79 Å². The highest BCUT2D eigenvalue weighted by Crippen LogP contribution is 1.86. The number of carbonyl (C=O) groups is 1. The number of aliphatic carboxylic acids is 1. The van der Waals surface area contributed by atoms with Crippen LogP contribution in [0.15, 0.2) is 0 Å². The standard InChI is InChI=1S/C4H9NO3/c1-2(5)3(6)4(7)8/h2-3,6H,5H2,1H3,(H,7,8)/t2-,3+/m1/s1. The van der Waals surface area contributed by atoms with Gasteiger partial charge >= 0.3 is 5.97 Å². The molecular formula is C4H9NO3. The number of nitrogens with two attached hydrogens (primary N) is 1. The maximum atomic E-state index is 9.81. The third-order valence-corrected chi connectivity index (χ3v) is 0.751. The molecule has 0 aromatic heterocycles. The first kappa shape index (κ1) is 7.39. The lowest BCUT2D eigenvalue weighted by atomic mass is 10.2. The molecule has 0 bridgehead atoms. The van der Waals surface area contributed by atoms with Crippen LogP contribution in [-0.4, -0.2) is 28.3 Å². The normalized spacial score (nSPS) is 17.4. The van der Waals surface area contributed by atoms with Gasteiger partial charge in [-0.05, 0) is 6.92 Å². The smallest absolute Gasteiger partial charge is 0.334 e. The molecular weight excluding hydrogens is 110 g/mol. The SMILES string of the molecule is C[C@@H](N)[C@H](O)C(=O)O. The highest BCUT2D eigenvalue weighted by atomic mass is 16.4. The molecule has 0 heterocycles. The van der Waals surface area contributed by atoms with Gasteiger partial charge in [-0.3, -0.25) is 0 Å². The molecule has 0 aromatic rings. The topological polar surface area (TPSA) is 83.5 Å². The molecule has 0 aliphatic heterocycles. The molecule has 0 unspecified atom stereocenters. The van der Waals surface area contributed by atoms with E-state index in [-0.39, 0.29) is 0 Å². The van der Waals surface area contributed by atoms with E-state index in [1.807, 2.05) is 0 Å². The molecule has 4 heteroatoms. The van der Waals surface area contributed by atoms with Crippen molar-refractivity contribution < 1.29 is 15.0 Å². The Hall–Kier alpha value is -0.610. The van der Waals surface area contributed by atoms with E-state index in [9.17, 15) is 4.79 Å². The number of carboxylic acids is 1. The third-order valence-electron chi connectivity index (χ3n) is 0.751. The van der Waals surface area contributed by atoms with Gasteiger partial charge in [0.15, 0.2) is 6.10 Å². The minimum Gasteiger partial charge on any atom is -0.479 e. The zero-order chi connectivity index (χ0) is 6.73. The first-order valence-corrected chi connectivity index (χ1v) is 2.22. The van der Waals surface area contributed by atoms with Crippen LogP contribution in [-0.2, 0) is 4.79 Å². The molecule has 4 N–H and O–H groups in total. The highest BCUT2D eigenvalue weighted by molar-refractivity contribution is 5.72. The van der Waals surface area contributed by atoms with Crippen molar-refractivity contribution in [1.82, 2.24) is 0 Å². The summed E-state index contributed by atoms with van der Waals surface area (Å²) in [5, 5.41) is 16.5. The summed E-state index contributed by atoms with van der Waals surface area (Å²) in [5.74, 6) is -1.28. The van der Waals surface area contributed by atoms with Crippen molar-refractivity contribution in [2.75, 3.05) is 0 Å². The minimum absolute atomic E-state index is 0.701. The van der Waals surface area contributed by atoms with Crippen LogP contribution in [0.4, 0.5) is 0 Å². The predicted octanol–water partition coefficient (Wildman–Crippen LogP) is -1.22. The van der Waals surface area contributed by atoms with E-state index in [0.717, 1.165) is 0 Å². The van der Waals surface area contributed by atoms with Gasteiger partial charge in [0.05, 0.1) is 0 Å². The lowest BCUT2D eigenvalue weighted by Gasteiger charge is -2.06. The Kier molecular flexibility index (Phi) is 2.44. The summed E-state index contributed by atoms with van der Waals surface area (Å²) in [6.45, 7) is 1.43. The maximum Gasteiger partial charge on any atom is 0.334 e. The fourth-order valence-corrected chi connectivity index (χ4v) is 0.225. The van der Waals surface area contributed by atoms with Crippen LogP contribution in [0, 0.1) is 0 Å². The molecule has 0 aliphatic carbocycles. The van der Waals surface area contributed by atoms with Crippen LogP contribution in [0.25, 0.3) is 0 Å². The number of aliphatic hydroxyl groups is 1. The van der Waals surface area contributed by atoms with Crippen LogP contribution < -0.4 is 5.73 Å². The van der Waals surface area contributed by atoms with Crippen molar-refractivity contribution in [1.29, 1.82) is 0 Å². The summed E-state index contributed by atoms with van der Waals surface area (Å²) < 4.78 is 0. The summed E-state index contributed by atoms with van der Waals surface area (Å²) in [4.78, 5) is 9.81. The molecule has 4 nitrogen and oxygen atoms in total. The van der Waals surface area contributed by atoms with Crippen LogP contribution in [0.5, 0.6) is 0 Å². The molecule has 48 valence electrons. The maximum absolute atomic E-state index is 9.81. The summed E-state index contributed by atoms with van der Waals surface area (Å²) in [5.41, 5.74) is 5.01. The molecule has 0 amide bonds. The second-order valence-corrected chi connectivity index (χ2v) is 1.64. The molecule has 8 heavy (non-hydrogen) atoms. The van der Waals surface area contributed by atoms with Crippen molar-refractivity contribution in [3.63, 3.8) is 0 Å². The van der Waals surface area contributed by atoms with Gasteiger partial charge in [-0.1, -0.05) is 0 Å². The lowest BCUT2D eigenvalue weighted by molar-refractivity contribution is -0.147. The molecule has 2 atom stereocenters. The average molecular weight is 119 g/mol. The summed E-state index contributed by atoms with van der Waals surface area (Å²) in [6, 6.07) is -0.701. The molecule has 0 saturated carbocycles. The van der Waals surface area contributed by atoms with E-state index >= 15 is 0 Å². The van der Waals surface area contributed by atoms with Crippen LogP contribution in [0.1, 0.15) is 6.92 Å². The number of rotatable bonds is 2. The Labute approximate surface area is 46.9 Å². The Morgan fingerprint density at radius 1 is 1.75 bits per heavy atom. The molecule has 0 rings (SSSR count). The molecule has 0 radical (unpaired) electrons. The molecule has 0 spiro atoms. The largest absolute Gasteiger partial charge is 0.479 e. The van der Waals surface area contributed by atoms with Gasteiger partial charge in [-0.15, -0.1) is 0 Å². The van der Waals surface area contributed by atoms with Crippen LogP contribution >= 0.6 is 0 Å². The van der Waals surface area contributed by atoms with E-state index in [1.165, 1.54) is 6.92 Å². The summed E-state index contributed by atoms with van der Waals surface area (Å²) in [6.07, 6.45) is -1.44. The average Bonchev–Trinajstić information content (AvgIpc) is 1.64. The number of carboxylic acid groups (broad SMARTS) is 1. The van der Waals surface area contributed by atoms with Crippen molar-refractivity contribution in [2.24, 2.45) is 5.73 Å². The van der Waals surface area contributed by atoms with E-state index in [4.69, 9.17) is 15.9 Å². The van der Waals surface area contributed by atoms with Gasteiger partial charge in [-0.2, -0.15) is 0 Å². The van der Waals surface area contributed by atoms with Crippen molar-refractivity contribution in [2.45, 2.75) is 19.1 Å². The number of hydrogen-bond donors (Lipinski definition) is 3. The van der Waals surface area contributed by atoms with E-state index < -0.39 is 18.1 Å². The van der Waals surface area contributed by atoms with Crippen molar-refractivity contribution in [3.8, 4) is 0 Å². The van der Waals surface area contributed by atoms with Crippen LogP contribution in [0.3, 0.4) is 0 Å². The predicted molar refractivity (Wildman–Crippen MR) is 27.3 cm³/mol. The first-order valence-electron chi connectivity index (χ1n) is 2.22. The first-order chi connectivity index (χ1) is 3.55. The van der Waals surface area contributed by atoms with Crippen molar-refractivity contribution >= 4 is 5.97 Å². The Morgan fingerprint density at radius 3 is 2.12 bits per heavy atom. The molecule has 0 fully saturated rings. The Balaban J connectivity index is 3.64. The zero-order valence-electron chi connectivity index (χ0n) is 4.53. The number of aliphatic hydroxyl groups excluding tert-OH is 1. The lowest BCUT2D eigenvalue weighted by Crippen LogP contribution is -2.37. The van der Waals surface area contributed by atoms with Gasteiger partial charge in [0.2, 0.25) is 0 Å². The van der Waals surface area contributed by atoms with Gasteiger partial charge in [0.1, 0.15) is 0 Å². The van der Waals surface area contributed by atoms with Crippen LogP contribution in [0.2, 0.25) is 0 Å². The van der Waals surface area contributed by atoms with Crippen molar-refractivity contribution in [3.05, 3.63) is 0 Å². The number of hydrogen-bond acceptors (Lipinski definition) is 3.